The highest BCUT2D eigenvalue weighted by molar-refractivity contribution is 7.09. The van der Waals surface area contributed by atoms with Crippen LogP contribution in [0.4, 0.5) is 24.1 Å². The van der Waals surface area contributed by atoms with E-state index in [-0.39, 0.29) is 12.1 Å². The number of rotatable bonds is 4. The summed E-state index contributed by atoms with van der Waals surface area (Å²) in [4.78, 5) is 16.2. The van der Waals surface area contributed by atoms with Crippen LogP contribution >= 0.6 is 11.5 Å². The van der Waals surface area contributed by atoms with Crippen molar-refractivity contribution in [2.45, 2.75) is 50.9 Å². The lowest BCUT2D eigenvalue weighted by atomic mass is 10.0. The second-order valence-corrected chi connectivity index (χ2v) is 7.47. The number of hydrogen-bond acceptors (Lipinski definition) is 7. The molecule has 2 fully saturated rings. The van der Waals surface area contributed by atoms with E-state index in [1.54, 1.807) is 0 Å². The third-order valence-electron chi connectivity index (χ3n) is 4.79. The van der Waals surface area contributed by atoms with Gasteiger partial charge in [-0.3, -0.25) is 0 Å². The topological polar surface area (TPSA) is 58.0 Å². The maximum absolute atomic E-state index is 13.0. The molecule has 0 spiro atoms. The van der Waals surface area contributed by atoms with Crippen LogP contribution in [0.25, 0.3) is 0 Å². The summed E-state index contributed by atoms with van der Waals surface area (Å²) in [6, 6.07) is 1.55. The average Bonchev–Trinajstić information content (AvgIpc) is 3.35. The first-order chi connectivity index (χ1) is 12.4. The van der Waals surface area contributed by atoms with Gasteiger partial charge in [0.1, 0.15) is 23.7 Å². The Hall–Kier alpha value is -1.97. The van der Waals surface area contributed by atoms with Crippen LogP contribution in [0.5, 0.6) is 0 Å². The Labute approximate surface area is 153 Å². The van der Waals surface area contributed by atoms with Gasteiger partial charge in [0.2, 0.25) is 5.13 Å². The Balaban J connectivity index is 1.50. The van der Waals surface area contributed by atoms with Gasteiger partial charge < -0.3 is 9.80 Å². The van der Waals surface area contributed by atoms with Crippen molar-refractivity contribution in [2.75, 3.05) is 22.9 Å². The second kappa shape index (κ2) is 6.64. The van der Waals surface area contributed by atoms with Crippen molar-refractivity contribution in [1.82, 2.24) is 19.3 Å². The molecule has 6 nitrogen and oxygen atoms in total. The molecule has 1 saturated carbocycles. The zero-order chi connectivity index (χ0) is 18.3. The molecule has 140 valence electrons. The van der Waals surface area contributed by atoms with Gasteiger partial charge in [0.05, 0.1) is 0 Å². The van der Waals surface area contributed by atoms with E-state index >= 15 is 0 Å². The van der Waals surface area contributed by atoms with Crippen LogP contribution in [0.3, 0.4) is 0 Å². The van der Waals surface area contributed by atoms with Crippen LogP contribution in [0.2, 0.25) is 0 Å². The van der Waals surface area contributed by atoms with Crippen molar-refractivity contribution < 1.29 is 13.2 Å². The highest BCUT2D eigenvalue weighted by Crippen LogP contribution is 2.37. The minimum Gasteiger partial charge on any atom is -0.350 e. The summed E-state index contributed by atoms with van der Waals surface area (Å²) in [6.07, 6.45) is 0.294. The first-order valence-corrected chi connectivity index (χ1v) is 9.42. The fraction of sp³-hybridized carbons (Fsp3) is 0.625. The fourth-order valence-corrected chi connectivity index (χ4v) is 4.14. The lowest BCUT2D eigenvalue weighted by Crippen LogP contribution is -2.46. The van der Waals surface area contributed by atoms with Crippen LogP contribution < -0.4 is 9.80 Å². The molecule has 0 aromatic carbocycles. The summed E-state index contributed by atoms with van der Waals surface area (Å²) in [5, 5.41) is 0.917. The Morgan fingerprint density at radius 3 is 2.38 bits per heavy atom. The molecular weight excluding hydrogens is 365 g/mol. The maximum atomic E-state index is 13.0. The van der Waals surface area contributed by atoms with Crippen molar-refractivity contribution in [2.24, 2.45) is 0 Å². The second-order valence-electron chi connectivity index (χ2n) is 6.74. The van der Waals surface area contributed by atoms with Gasteiger partial charge in [-0.25, -0.2) is 15.0 Å². The third-order valence-corrected chi connectivity index (χ3v) is 5.66. The Bertz CT molecular complexity index is 767. The lowest BCUT2D eigenvalue weighted by molar-refractivity contribution is -0.141. The summed E-state index contributed by atoms with van der Waals surface area (Å²) in [7, 11) is 0. The molecule has 2 aromatic heterocycles. The molecule has 1 aliphatic carbocycles. The summed E-state index contributed by atoms with van der Waals surface area (Å²) < 4.78 is 43.2. The van der Waals surface area contributed by atoms with Crippen molar-refractivity contribution in [3.8, 4) is 0 Å². The van der Waals surface area contributed by atoms with Crippen LogP contribution in [-0.2, 0) is 6.18 Å². The monoisotopic (exact) mass is 384 g/mol. The molecule has 10 heteroatoms. The molecule has 0 radical (unpaired) electrons. The Morgan fingerprint density at radius 1 is 1.12 bits per heavy atom. The van der Waals surface area contributed by atoms with Crippen molar-refractivity contribution in [1.29, 1.82) is 0 Å². The number of piperidine rings is 1. The summed E-state index contributed by atoms with van der Waals surface area (Å²) in [5.41, 5.74) is -0.880. The Morgan fingerprint density at radius 2 is 1.81 bits per heavy atom. The summed E-state index contributed by atoms with van der Waals surface area (Å²) in [6.45, 7) is 3.51. The molecule has 0 atom stereocenters. The standard InChI is InChI=1S/C16H19F3N6S/c1-10-22-15(26-23-10)24-6-4-12(5-7-24)25(11-2-3-11)14-8-13(16(17,18)19)20-9-21-14/h8-9,11-12H,2-7H2,1H3. The quantitative estimate of drug-likeness (QED) is 0.806. The van der Waals surface area contributed by atoms with Gasteiger partial charge in [-0.15, -0.1) is 0 Å². The van der Waals surface area contributed by atoms with E-state index in [0.717, 1.165) is 62.1 Å². The van der Waals surface area contributed by atoms with E-state index in [0.29, 0.717) is 5.82 Å². The zero-order valence-corrected chi connectivity index (χ0v) is 15.1. The van der Waals surface area contributed by atoms with Crippen LogP contribution in [-0.4, -0.2) is 44.5 Å². The molecule has 26 heavy (non-hydrogen) atoms. The molecular formula is C16H19F3N6S. The fourth-order valence-electron chi connectivity index (χ4n) is 3.42. The smallest absolute Gasteiger partial charge is 0.350 e. The largest absolute Gasteiger partial charge is 0.433 e. The van der Waals surface area contributed by atoms with E-state index in [1.165, 1.54) is 11.5 Å². The Kier molecular flexibility index (Phi) is 4.45. The average molecular weight is 384 g/mol. The molecule has 2 aromatic rings. The minimum atomic E-state index is -4.45. The van der Waals surface area contributed by atoms with Gasteiger partial charge in [0, 0.05) is 42.8 Å². The zero-order valence-electron chi connectivity index (χ0n) is 14.3. The SMILES string of the molecule is Cc1nsc(N2CCC(N(c3cc(C(F)(F)F)ncn3)C3CC3)CC2)n1. The predicted molar refractivity (Wildman–Crippen MR) is 92.4 cm³/mol. The van der Waals surface area contributed by atoms with Crippen LogP contribution in [0, 0.1) is 6.92 Å². The number of alkyl halides is 3. The first-order valence-electron chi connectivity index (χ1n) is 8.64. The predicted octanol–water partition coefficient (Wildman–Crippen LogP) is 3.29. The highest BCUT2D eigenvalue weighted by Gasteiger charge is 2.39. The van der Waals surface area contributed by atoms with Crippen molar-refractivity contribution in [3.63, 3.8) is 0 Å². The number of anilines is 2. The van der Waals surface area contributed by atoms with Crippen LogP contribution in [0.15, 0.2) is 12.4 Å². The van der Waals surface area contributed by atoms with Crippen LogP contribution in [0.1, 0.15) is 37.2 Å². The number of hydrogen-bond donors (Lipinski definition) is 0. The van der Waals surface area contributed by atoms with E-state index in [9.17, 15) is 13.2 Å². The van der Waals surface area contributed by atoms with Crippen molar-refractivity contribution >= 4 is 22.5 Å². The van der Waals surface area contributed by atoms with Gasteiger partial charge in [-0.05, 0) is 32.6 Å². The number of aromatic nitrogens is 4. The molecule has 0 N–H and O–H groups in total. The van der Waals surface area contributed by atoms with E-state index in [1.807, 2.05) is 6.92 Å². The molecule has 4 rings (SSSR count). The minimum absolute atomic E-state index is 0.184. The summed E-state index contributed by atoms with van der Waals surface area (Å²) in [5.74, 6) is 1.16. The normalized spacial score (nSPS) is 19.0. The molecule has 0 bridgehead atoms. The maximum Gasteiger partial charge on any atom is 0.433 e. The van der Waals surface area contributed by atoms with Crippen molar-refractivity contribution in [3.05, 3.63) is 23.9 Å². The molecule has 1 saturated heterocycles. The van der Waals surface area contributed by atoms with Gasteiger partial charge in [0.25, 0.3) is 0 Å². The summed E-state index contributed by atoms with van der Waals surface area (Å²) >= 11 is 1.39. The van der Waals surface area contributed by atoms with E-state index < -0.39 is 11.9 Å². The number of aryl methyl sites for hydroxylation is 1. The molecule has 0 unspecified atom stereocenters. The first kappa shape index (κ1) is 17.4. The van der Waals surface area contributed by atoms with Gasteiger partial charge in [-0.1, -0.05) is 0 Å². The number of nitrogens with zero attached hydrogens (tertiary/aromatic N) is 6. The van der Waals surface area contributed by atoms with E-state index in [2.05, 4.69) is 29.1 Å². The van der Waals surface area contributed by atoms with Gasteiger partial charge >= 0.3 is 6.18 Å². The molecule has 1 aliphatic heterocycles. The lowest BCUT2D eigenvalue weighted by Gasteiger charge is -2.39. The third kappa shape index (κ3) is 3.60. The number of halogens is 3. The van der Waals surface area contributed by atoms with Gasteiger partial charge in [-0.2, -0.15) is 17.5 Å². The highest BCUT2D eigenvalue weighted by atomic mass is 32.1. The van der Waals surface area contributed by atoms with Gasteiger partial charge in [0.15, 0.2) is 0 Å². The molecule has 0 amide bonds. The molecule has 2 aliphatic rings. The van der Waals surface area contributed by atoms with E-state index in [4.69, 9.17) is 0 Å². The molecule has 3 heterocycles.